The molecule has 0 amide bonds. The lowest BCUT2D eigenvalue weighted by Crippen LogP contribution is -2.18. The van der Waals surface area contributed by atoms with Crippen LogP contribution < -0.4 is 9.19 Å². The predicted molar refractivity (Wildman–Crippen MR) is 102 cm³/mol. The van der Waals surface area contributed by atoms with E-state index in [-0.39, 0.29) is 0 Å². The Bertz CT molecular complexity index is 1130. The number of para-hydroxylation sites is 4. The van der Waals surface area contributed by atoms with E-state index in [0.29, 0.717) is 12.3 Å². The van der Waals surface area contributed by atoms with Crippen LogP contribution >= 0.6 is 7.67 Å². The molecule has 3 aromatic carbocycles. The average Bonchev–Trinajstić information content (AvgIpc) is 3.18. The van der Waals surface area contributed by atoms with Crippen molar-refractivity contribution in [1.29, 1.82) is 0 Å². The van der Waals surface area contributed by atoms with Gasteiger partial charge in [0.1, 0.15) is 11.6 Å². The van der Waals surface area contributed by atoms with E-state index < -0.39 is 7.67 Å². The van der Waals surface area contributed by atoms with E-state index in [0.717, 1.165) is 22.5 Å². The number of anilines is 1. The van der Waals surface area contributed by atoms with Crippen LogP contribution in [0, 0.1) is 0 Å². The number of hydrogen-bond donors (Lipinski definition) is 0. The molecular weight excluding hydrogens is 345 g/mol. The molecule has 0 N–H and O–H groups in total. The first kappa shape index (κ1) is 15.2. The fraction of sp³-hybridized carbons (Fsp3) is 0.0500. The summed E-state index contributed by atoms with van der Waals surface area (Å²) >= 11 is 0. The number of benzene rings is 3. The van der Waals surface area contributed by atoms with Gasteiger partial charge in [0, 0.05) is 5.69 Å². The van der Waals surface area contributed by atoms with Gasteiger partial charge in [0.25, 0.3) is 0 Å². The van der Waals surface area contributed by atoms with Gasteiger partial charge in [0.2, 0.25) is 0 Å². The number of aromatic nitrogens is 2. The summed E-state index contributed by atoms with van der Waals surface area (Å²) in [6.45, 7) is 0.433. The Morgan fingerprint density at radius 2 is 1.50 bits per heavy atom. The molecule has 0 radical (unpaired) electrons. The Balaban J connectivity index is 1.71. The number of fused-ring (bicyclic) bond motifs is 3. The molecular formula is C20H16N3O2P. The Labute approximate surface area is 151 Å². The molecule has 1 aromatic heterocycles. The van der Waals surface area contributed by atoms with Crippen LogP contribution in [0.15, 0.2) is 84.9 Å². The Morgan fingerprint density at radius 1 is 0.846 bits per heavy atom. The summed E-state index contributed by atoms with van der Waals surface area (Å²) in [5, 5.41) is 0. The molecule has 1 unspecified atom stereocenters. The van der Waals surface area contributed by atoms with Gasteiger partial charge in [-0.2, -0.15) is 0 Å². The molecule has 2 heterocycles. The maximum absolute atomic E-state index is 14.2. The molecule has 26 heavy (non-hydrogen) atoms. The van der Waals surface area contributed by atoms with Crippen molar-refractivity contribution in [2.24, 2.45) is 0 Å². The Morgan fingerprint density at radius 3 is 2.27 bits per heavy atom. The van der Waals surface area contributed by atoms with E-state index >= 15 is 0 Å². The Hall–Kier alpha value is -3.04. The van der Waals surface area contributed by atoms with Gasteiger partial charge in [-0.05, 0) is 36.4 Å². The number of rotatable bonds is 3. The van der Waals surface area contributed by atoms with Gasteiger partial charge >= 0.3 is 7.67 Å². The first-order valence-corrected chi connectivity index (χ1v) is 9.94. The van der Waals surface area contributed by atoms with Crippen molar-refractivity contribution < 1.29 is 9.09 Å². The highest BCUT2D eigenvalue weighted by atomic mass is 31.2. The van der Waals surface area contributed by atoms with Crippen LogP contribution in [0.1, 0.15) is 5.82 Å². The summed E-state index contributed by atoms with van der Waals surface area (Å²) in [6.07, 6.45) is 0. The van der Waals surface area contributed by atoms with Gasteiger partial charge in [-0.1, -0.05) is 48.5 Å². The highest BCUT2D eigenvalue weighted by Crippen LogP contribution is 2.60. The zero-order valence-corrected chi connectivity index (χ0v) is 14.8. The van der Waals surface area contributed by atoms with E-state index in [9.17, 15) is 4.57 Å². The zero-order chi connectivity index (χ0) is 17.6. The second kappa shape index (κ2) is 5.75. The third-order valence-corrected chi connectivity index (χ3v) is 6.86. The van der Waals surface area contributed by atoms with Gasteiger partial charge in [0.05, 0.1) is 17.6 Å². The minimum Gasteiger partial charge on any atom is -0.414 e. The predicted octanol–water partition coefficient (Wildman–Crippen LogP) is 5.09. The molecule has 128 valence electrons. The second-order valence-corrected chi connectivity index (χ2v) is 8.16. The summed E-state index contributed by atoms with van der Waals surface area (Å²) in [7, 11) is -3.42. The molecule has 1 aliphatic heterocycles. The van der Waals surface area contributed by atoms with Crippen LogP contribution in [0.5, 0.6) is 5.75 Å². The van der Waals surface area contributed by atoms with Crippen molar-refractivity contribution in [2.45, 2.75) is 6.54 Å². The molecule has 0 fully saturated rings. The molecule has 0 saturated heterocycles. The third-order valence-electron chi connectivity index (χ3n) is 4.47. The highest BCUT2D eigenvalue weighted by molar-refractivity contribution is 7.60. The molecule has 0 spiro atoms. The van der Waals surface area contributed by atoms with Crippen molar-refractivity contribution in [3.8, 4) is 5.75 Å². The first-order chi connectivity index (χ1) is 12.8. The third kappa shape index (κ3) is 2.25. The molecule has 0 bridgehead atoms. The first-order valence-electron chi connectivity index (χ1n) is 8.41. The topological polar surface area (TPSA) is 47.4 Å². The van der Waals surface area contributed by atoms with Gasteiger partial charge in [0.15, 0.2) is 0 Å². The largest absolute Gasteiger partial charge is 0.455 e. The van der Waals surface area contributed by atoms with Crippen molar-refractivity contribution in [3.05, 3.63) is 90.8 Å². The van der Waals surface area contributed by atoms with Gasteiger partial charge in [-0.15, -0.1) is 0 Å². The molecule has 0 saturated carbocycles. The highest BCUT2D eigenvalue weighted by Gasteiger charge is 2.46. The normalized spacial score (nSPS) is 18.8. The van der Waals surface area contributed by atoms with Gasteiger partial charge in [-0.25, -0.2) is 13.9 Å². The number of hydrogen-bond acceptors (Lipinski definition) is 3. The molecule has 0 aliphatic carbocycles. The zero-order valence-electron chi connectivity index (χ0n) is 13.9. The monoisotopic (exact) mass is 361 g/mol. The van der Waals surface area contributed by atoms with E-state index in [2.05, 4.69) is 4.98 Å². The van der Waals surface area contributed by atoms with Crippen molar-refractivity contribution >= 4 is 24.4 Å². The molecule has 5 rings (SSSR count). The maximum atomic E-state index is 14.2. The molecule has 1 aliphatic rings. The molecule has 1 atom stereocenters. The lowest BCUT2D eigenvalue weighted by molar-refractivity contribution is 0.474. The van der Waals surface area contributed by atoms with E-state index in [1.165, 1.54) is 0 Å². The van der Waals surface area contributed by atoms with E-state index in [1.807, 2.05) is 89.6 Å². The summed E-state index contributed by atoms with van der Waals surface area (Å²) in [4.78, 5) is 4.68. The van der Waals surface area contributed by atoms with Gasteiger partial charge in [-0.3, -0.25) is 4.67 Å². The summed E-state index contributed by atoms with van der Waals surface area (Å²) in [5.74, 6) is 1.32. The van der Waals surface area contributed by atoms with E-state index in [1.54, 1.807) is 4.34 Å². The fourth-order valence-electron chi connectivity index (χ4n) is 3.32. The van der Waals surface area contributed by atoms with E-state index in [4.69, 9.17) is 4.52 Å². The standard InChI is InChI=1S/C20H16N3O2P/c24-26(25-17-11-5-2-6-12-17)22(16-9-3-1-4-10-16)15-20-21-18-13-7-8-14-19(18)23(20)26/h1-14H,15H2. The van der Waals surface area contributed by atoms with Crippen LogP contribution in [0.3, 0.4) is 0 Å². The number of nitrogens with zero attached hydrogens (tertiary/aromatic N) is 3. The summed E-state index contributed by atoms with van der Waals surface area (Å²) in [5.41, 5.74) is 2.49. The van der Waals surface area contributed by atoms with Gasteiger partial charge < -0.3 is 4.52 Å². The molecule has 5 nitrogen and oxygen atoms in total. The molecule has 4 aromatic rings. The molecule has 6 heteroatoms. The van der Waals surface area contributed by atoms with Crippen molar-refractivity contribution in [3.63, 3.8) is 0 Å². The van der Waals surface area contributed by atoms with Crippen molar-refractivity contribution in [1.82, 2.24) is 9.32 Å². The lowest BCUT2D eigenvalue weighted by Gasteiger charge is -2.27. The Kier molecular flexibility index (Phi) is 3.37. The van der Waals surface area contributed by atoms with Crippen LogP contribution in [0.4, 0.5) is 5.69 Å². The van der Waals surface area contributed by atoms with Crippen molar-refractivity contribution in [2.75, 3.05) is 4.67 Å². The SMILES string of the molecule is O=P1(Oc2ccccc2)N(c2ccccc2)Cc2nc3ccccc3n21. The fourth-order valence-corrected chi connectivity index (χ4v) is 5.69. The van der Waals surface area contributed by atoms with Crippen LogP contribution in [0.2, 0.25) is 0 Å². The van der Waals surface area contributed by atoms with Crippen LogP contribution in [-0.4, -0.2) is 9.32 Å². The maximum Gasteiger partial charge on any atom is 0.455 e. The summed E-state index contributed by atoms with van der Waals surface area (Å²) < 4.78 is 23.9. The van der Waals surface area contributed by atoms with Crippen LogP contribution in [-0.2, 0) is 11.1 Å². The summed E-state index contributed by atoms with van der Waals surface area (Å²) in [6, 6.07) is 26.7. The average molecular weight is 361 g/mol. The minimum atomic E-state index is -3.42. The minimum absolute atomic E-state index is 0.433. The lowest BCUT2D eigenvalue weighted by atomic mass is 10.3. The van der Waals surface area contributed by atoms with Crippen LogP contribution in [0.25, 0.3) is 11.0 Å². The second-order valence-electron chi connectivity index (χ2n) is 6.12. The number of imidazole rings is 1. The smallest absolute Gasteiger partial charge is 0.414 e. The quantitative estimate of drug-likeness (QED) is 0.477.